The summed E-state index contributed by atoms with van der Waals surface area (Å²) >= 11 is 1.69. The molecule has 2 N–H and O–H groups in total. The number of nitrogens with two attached hydrogens (primary N) is 1. The number of hydrogen-bond acceptors (Lipinski definition) is 7. The second-order valence-corrected chi connectivity index (χ2v) is 4.68. The third-order valence-electron chi connectivity index (χ3n) is 2.21. The van der Waals surface area contributed by atoms with Crippen LogP contribution in [0.15, 0.2) is 17.5 Å². The van der Waals surface area contributed by atoms with Crippen LogP contribution in [0.1, 0.15) is 11.8 Å². The van der Waals surface area contributed by atoms with Gasteiger partial charge in [0.1, 0.15) is 0 Å². The summed E-state index contributed by atoms with van der Waals surface area (Å²) in [7, 11) is 1.91. The van der Waals surface area contributed by atoms with Crippen LogP contribution in [0.2, 0.25) is 0 Å². The van der Waals surface area contributed by atoms with Gasteiger partial charge in [-0.3, -0.25) is 0 Å². The Morgan fingerprint density at radius 2 is 2.22 bits per heavy atom. The van der Waals surface area contributed by atoms with Crippen molar-refractivity contribution < 1.29 is 4.74 Å². The molecule has 0 unspecified atom stereocenters. The predicted molar refractivity (Wildman–Crippen MR) is 71.8 cm³/mol. The summed E-state index contributed by atoms with van der Waals surface area (Å²) in [6, 6.07) is 4.34. The molecule has 0 saturated heterocycles. The van der Waals surface area contributed by atoms with Crippen molar-refractivity contribution in [3.8, 4) is 6.01 Å². The number of ether oxygens (including phenoxy) is 1. The van der Waals surface area contributed by atoms with Crippen molar-refractivity contribution in [2.24, 2.45) is 0 Å². The van der Waals surface area contributed by atoms with E-state index in [1.54, 1.807) is 11.3 Å². The van der Waals surface area contributed by atoms with E-state index in [0.29, 0.717) is 12.6 Å². The van der Waals surface area contributed by atoms with E-state index in [-0.39, 0.29) is 12.0 Å². The molecule has 96 valence electrons. The van der Waals surface area contributed by atoms with E-state index < -0.39 is 0 Å². The molecule has 0 fully saturated rings. The fourth-order valence-corrected chi connectivity index (χ4v) is 2.19. The molecule has 0 radical (unpaired) electrons. The smallest absolute Gasteiger partial charge is 0.323 e. The monoisotopic (exact) mass is 265 g/mol. The fraction of sp³-hybridized carbons (Fsp3) is 0.364. The molecule has 2 rings (SSSR count). The first-order valence-electron chi connectivity index (χ1n) is 5.57. The third kappa shape index (κ3) is 3.07. The number of nitrogen functional groups attached to an aromatic ring is 1. The Kier molecular flexibility index (Phi) is 3.93. The number of anilines is 2. The van der Waals surface area contributed by atoms with Crippen LogP contribution in [0.3, 0.4) is 0 Å². The average molecular weight is 265 g/mol. The van der Waals surface area contributed by atoms with Crippen LogP contribution in [0.5, 0.6) is 6.01 Å². The highest BCUT2D eigenvalue weighted by Crippen LogP contribution is 2.17. The standard InChI is InChI=1S/C11H15N5OS/c1-3-17-11-14-9(12)13-10(15-11)16(2)7-8-5-4-6-18-8/h4-6H,3,7H2,1-2H3,(H2,12,13,14,15). The summed E-state index contributed by atoms with van der Waals surface area (Å²) < 4.78 is 5.25. The van der Waals surface area contributed by atoms with Gasteiger partial charge in [-0.25, -0.2) is 0 Å². The Labute approximate surface area is 109 Å². The lowest BCUT2D eigenvalue weighted by Crippen LogP contribution is -2.20. The van der Waals surface area contributed by atoms with Crippen LogP contribution >= 0.6 is 11.3 Å². The van der Waals surface area contributed by atoms with Gasteiger partial charge in [0.05, 0.1) is 13.2 Å². The maximum Gasteiger partial charge on any atom is 0.323 e. The molecule has 0 spiro atoms. The molecule has 0 atom stereocenters. The Bertz CT molecular complexity index is 502. The van der Waals surface area contributed by atoms with Crippen molar-refractivity contribution in [1.29, 1.82) is 0 Å². The van der Waals surface area contributed by atoms with Gasteiger partial charge in [-0.15, -0.1) is 11.3 Å². The SMILES string of the molecule is CCOc1nc(N)nc(N(C)Cc2cccs2)n1. The van der Waals surface area contributed by atoms with E-state index in [1.807, 2.05) is 30.3 Å². The average Bonchev–Trinajstić information content (AvgIpc) is 2.81. The zero-order valence-corrected chi connectivity index (χ0v) is 11.1. The fourth-order valence-electron chi connectivity index (χ4n) is 1.43. The minimum absolute atomic E-state index is 0.168. The summed E-state index contributed by atoms with van der Waals surface area (Å²) in [6.07, 6.45) is 0. The minimum Gasteiger partial charge on any atom is -0.464 e. The molecule has 0 bridgehead atoms. The van der Waals surface area contributed by atoms with Crippen molar-refractivity contribution in [2.45, 2.75) is 13.5 Å². The maximum atomic E-state index is 5.63. The molecule has 0 saturated carbocycles. The molecule has 18 heavy (non-hydrogen) atoms. The molecule has 0 aliphatic heterocycles. The zero-order chi connectivity index (χ0) is 13.0. The predicted octanol–water partition coefficient (Wildman–Crippen LogP) is 1.55. The molecule has 7 heteroatoms. The van der Waals surface area contributed by atoms with E-state index in [4.69, 9.17) is 10.5 Å². The van der Waals surface area contributed by atoms with E-state index in [2.05, 4.69) is 21.0 Å². The topological polar surface area (TPSA) is 77.2 Å². The minimum atomic E-state index is 0.168. The number of aromatic nitrogens is 3. The van der Waals surface area contributed by atoms with Gasteiger partial charge in [0, 0.05) is 11.9 Å². The summed E-state index contributed by atoms with van der Waals surface area (Å²) in [6.45, 7) is 3.10. The van der Waals surface area contributed by atoms with Crippen LogP contribution in [-0.4, -0.2) is 28.6 Å². The van der Waals surface area contributed by atoms with E-state index in [1.165, 1.54) is 4.88 Å². The molecule has 2 aromatic rings. The van der Waals surface area contributed by atoms with Crippen LogP contribution in [0, 0.1) is 0 Å². The van der Waals surface area contributed by atoms with Crippen molar-refractivity contribution in [1.82, 2.24) is 15.0 Å². The van der Waals surface area contributed by atoms with Gasteiger partial charge in [0.25, 0.3) is 0 Å². The first-order chi connectivity index (χ1) is 8.69. The van der Waals surface area contributed by atoms with Gasteiger partial charge in [-0.1, -0.05) is 6.07 Å². The van der Waals surface area contributed by atoms with Gasteiger partial charge in [0.2, 0.25) is 11.9 Å². The first kappa shape index (κ1) is 12.6. The molecular weight excluding hydrogens is 250 g/mol. The Morgan fingerprint density at radius 1 is 1.39 bits per heavy atom. The van der Waals surface area contributed by atoms with Crippen molar-refractivity contribution in [2.75, 3.05) is 24.3 Å². The number of nitrogens with zero attached hydrogens (tertiary/aromatic N) is 4. The zero-order valence-electron chi connectivity index (χ0n) is 10.3. The second-order valence-electron chi connectivity index (χ2n) is 3.64. The molecule has 6 nitrogen and oxygen atoms in total. The number of rotatable bonds is 5. The van der Waals surface area contributed by atoms with Crippen molar-refractivity contribution in [3.05, 3.63) is 22.4 Å². The normalized spacial score (nSPS) is 10.3. The number of thiophene rings is 1. The summed E-state index contributed by atoms with van der Waals surface area (Å²) in [5, 5.41) is 2.04. The highest BCUT2D eigenvalue weighted by Gasteiger charge is 2.10. The van der Waals surface area contributed by atoms with Crippen LogP contribution < -0.4 is 15.4 Å². The summed E-state index contributed by atoms with van der Waals surface area (Å²) in [5.74, 6) is 0.681. The van der Waals surface area contributed by atoms with Gasteiger partial charge in [-0.2, -0.15) is 15.0 Å². The van der Waals surface area contributed by atoms with E-state index >= 15 is 0 Å². The second kappa shape index (κ2) is 5.63. The van der Waals surface area contributed by atoms with Crippen LogP contribution in [-0.2, 0) is 6.54 Å². The third-order valence-corrected chi connectivity index (χ3v) is 3.07. The Hall–Kier alpha value is -1.89. The quantitative estimate of drug-likeness (QED) is 0.883. The van der Waals surface area contributed by atoms with Crippen LogP contribution in [0.25, 0.3) is 0 Å². The van der Waals surface area contributed by atoms with Gasteiger partial charge < -0.3 is 15.4 Å². The molecule has 0 aromatic carbocycles. The first-order valence-corrected chi connectivity index (χ1v) is 6.45. The summed E-state index contributed by atoms with van der Waals surface area (Å²) in [5.41, 5.74) is 5.63. The lowest BCUT2D eigenvalue weighted by Gasteiger charge is -2.16. The van der Waals surface area contributed by atoms with Gasteiger partial charge >= 0.3 is 6.01 Å². The number of hydrogen-bond donors (Lipinski definition) is 1. The molecule has 0 aliphatic carbocycles. The molecule has 0 amide bonds. The summed E-state index contributed by atoms with van der Waals surface area (Å²) in [4.78, 5) is 15.4. The molecule has 2 aromatic heterocycles. The lowest BCUT2D eigenvalue weighted by atomic mass is 10.4. The Morgan fingerprint density at radius 3 is 2.89 bits per heavy atom. The molecule has 0 aliphatic rings. The lowest BCUT2D eigenvalue weighted by molar-refractivity contribution is 0.312. The molecular formula is C11H15N5OS. The van der Waals surface area contributed by atoms with Gasteiger partial charge in [-0.05, 0) is 18.4 Å². The van der Waals surface area contributed by atoms with E-state index in [9.17, 15) is 0 Å². The maximum absolute atomic E-state index is 5.63. The highest BCUT2D eigenvalue weighted by molar-refractivity contribution is 7.09. The molecule has 2 heterocycles. The van der Waals surface area contributed by atoms with Crippen molar-refractivity contribution in [3.63, 3.8) is 0 Å². The van der Waals surface area contributed by atoms with Crippen LogP contribution in [0.4, 0.5) is 11.9 Å². The van der Waals surface area contributed by atoms with Crippen molar-refractivity contribution >= 4 is 23.2 Å². The van der Waals surface area contributed by atoms with Gasteiger partial charge in [0.15, 0.2) is 0 Å². The van der Waals surface area contributed by atoms with E-state index in [0.717, 1.165) is 6.54 Å². The highest BCUT2D eigenvalue weighted by atomic mass is 32.1. The largest absolute Gasteiger partial charge is 0.464 e. The Balaban J connectivity index is 2.16.